The van der Waals surface area contributed by atoms with Gasteiger partial charge in [-0.1, -0.05) is 18.2 Å². The average Bonchev–Trinajstić information content (AvgIpc) is 2.62. The minimum atomic E-state index is -4.42. The zero-order valence-electron chi connectivity index (χ0n) is 15.9. The Morgan fingerprint density at radius 2 is 1.62 bits per heavy atom. The van der Waals surface area contributed by atoms with E-state index in [1.165, 1.54) is 29.0 Å². The van der Waals surface area contributed by atoms with Gasteiger partial charge in [-0.2, -0.15) is 13.2 Å². The molecule has 7 heteroatoms. The zero-order chi connectivity index (χ0) is 21.2. The lowest BCUT2D eigenvalue weighted by Crippen LogP contribution is -2.29. The van der Waals surface area contributed by atoms with E-state index in [1.807, 2.05) is 19.9 Å². The molecule has 1 N–H and O–H groups in total. The summed E-state index contributed by atoms with van der Waals surface area (Å²) in [6.45, 7) is 3.87. The van der Waals surface area contributed by atoms with Crippen molar-refractivity contribution < 1.29 is 18.0 Å². The van der Waals surface area contributed by atoms with Gasteiger partial charge >= 0.3 is 6.18 Å². The van der Waals surface area contributed by atoms with Gasteiger partial charge in [-0.3, -0.25) is 9.59 Å². The number of pyridine rings is 1. The predicted octanol–water partition coefficient (Wildman–Crippen LogP) is 4.78. The smallest absolute Gasteiger partial charge is 0.322 e. The van der Waals surface area contributed by atoms with E-state index in [4.69, 9.17) is 0 Å². The van der Waals surface area contributed by atoms with E-state index in [-0.39, 0.29) is 12.1 Å². The molecule has 0 aliphatic heterocycles. The molecule has 0 aliphatic carbocycles. The minimum Gasteiger partial charge on any atom is -0.322 e. The van der Waals surface area contributed by atoms with E-state index in [1.54, 1.807) is 18.2 Å². The molecule has 150 valence electrons. The van der Waals surface area contributed by atoms with Crippen molar-refractivity contribution in [2.75, 3.05) is 5.32 Å². The first kappa shape index (κ1) is 20.4. The lowest BCUT2D eigenvalue weighted by Gasteiger charge is -2.11. The molecular formula is C22H19F3N2O2. The molecule has 0 fully saturated rings. The fourth-order valence-corrected chi connectivity index (χ4v) is 3.08. The van der Waals surface area contributed by atoms with Gasteiger partial charge in [0.15, 0.2) is 0 Å². The van der Waals surface area contributed by atoms with Crippen molar-refractivity contribution in [2.24, 2.45) is 0 Å². The Kier molecular flexibility index (Phi) is 5.59. The summed E-state index contributed by atoms with van der Waals surface area (Å²) in [4.78, 5) is 25.3. The summed E-state index contributed by atoms with van der Waals surface area (Å²) in [7, 11) is 0. The number of hydrogen-bond donors (Lipinski definition) is 1. The number of aryl methyl sites for hydroxylation is 2. The van der Waals surface area contributed by atoms with Crippen LogP contribution >= 0.6 is 0 Å². The summed E-state index contributed by atoms with van der Waals surface area (Å²) in [5, 5.41) is 2.72. The van der Waals surface area contributed by atoms with Crippen LogP contribution in [0.3, 0.4) is 0 Å². The largest absolute Gasteiger partial charge is 0.416 e. The predicted molar refractivity (Wildman–Crippen MR) is 105 cm³/mol. The van der Waals surface area contributed by atoms with Gasteiger partial charge in [0.05, 0.1) is 12.1 Å². The number of benzene rings is 2. The van der Waals surface area contributed by atoms with Crippen LogP contribution in [0.2, 0.25) is 0 Å². The average molecular weight is 400 g/mol. The number of carbonyl (C=O) groups excluding carboxylic acids is 1. The van der Waals surface area contributed by atoms with Crippen molar-refractivity contribution in [3.63, 3.8) is 0 Å². The number of hydrogen-bond acceptors (Lipinski definition) is 2. The number of aromatic nitrogens is 1. The molecule has 0 aliphatic rings. The molecule has 1 aromatic heterocycles. The molecule has 3 rings (SSSR count). The Hall–Kier alpha value is -3.35. The van der Waals surface area contributed by atoms with Crippen LogP contribution in [0.4, 0.5) is 18.9 Å². The van der Waals surface area contributed by atoms with Crippen LogP contribution in [-0.2, 0) is 12.7 Å². The van der Waals surface area contributed by atoms with Crippen LogP contribution in [0.5, 0.6) is 0 Å². The topological polar surface area (TPSA) is 51.1 Å². The van der Waals surface area contributed by atoms with Crippen LogP contribution in [0.25, 0.3) is 0 Å². The molecule has 0 atom stereocenters. The van der Waals surface area contributed by atoms with E-state index in [9.17, 15) is 22.8 Å². The third-order valence-corrected chi connectivity index (χ3v) is 4.38. The molecule has 4 nitrogen and oxygen atoms in total. The molecular weight excluding hydrogens is 381 g/mol. The van der Waals surface area contributed by atoms with Gasteiger partial charge < -0.3 is 9.88 Å². The maximum absolute atomic E-state index is 12.7. The highest BCUT2D eigenvalue weighted by Gasteiger charge is 2.29. The number of nitrogens with one attached hydrogen (secondary N) is 1. The number of amides is 1. The summed E-state index contributed by atoms with van der Waals surface area (Å²) in [6, 6.07) is 13.1. The highest BCUT2D eigenvalue weighted by atomic mass is 19.4. The number of halogens is 3. The molecule has 0 spiro atoms. The third-order valence-electron chi connectivity index (χ3n) is 4.38. The number of rotatable bonds is 4. The van der Waals surface area contributed by atoms with Crippen LogP contribution in [0.15, 0.2) is 65.6 Å². The second kappa shape index (κ2) is 7.95. The van der Waals surface area contributed by atoms with Crippen LogP contribution in [0, 0.1) is 13.8 Å². The first-order valence-electron chi connectivity index (χ1n) is 8.89. The zero-order valence-corrected chi connectivity index (χ0v) is 15.9. The fraction of sp³-hybridized carbons (Fsp3) is 0.182. The molecule has 0 bridgehead atoms. The summed E-state index contributed by atoms with van der Waals surface area (Å²) >= 11 is 0. The standard InChI is InChI=1S/C22H19F3N2O2/c1-14-10-15(2)12-18(11-14)26-20(28)19-4-3-9-27(21(19)29)13-16-5-7-17(8-6-16)22(23,24)25/h3-12H,13H2,1-2H3,(H,26,28). The fourth-order valence-electron chi connectivity index (χ4n) is 3.08. The van der Waals surface area contributed by atoms with Gasteiger partial charge in [0.1, 0.15) is 5.56 Å². The van der Waals surface area contributed by atoms with Crippen LogP contribution in [0.1, 0.15) is 32.6 Å². The van der Waals surface area contributed by atoms with Crippen molar-refractivity contribution in [1.29, 1.82) is 0 Å². The van der Waals surface area contributed by atoms with Crippen molar-refractivity contribution in [1.82, 2.24) is 4.57 Å². The van der Waals surface area contributed by atoms with Crippen LogP contribution in [-0.4, -0.2) is 10.5 Å². The molecule has 3 aromatic rings. The quantitative estimate of drug-likeness (QED) is 0.685. The molecule has 0 saturated heterocycles. The Morgan fingerprint density at radius 3 is 2.21 bits per heavy atom. The lowest BCUT2D eigenvalue weighted by molar-refractivity contribution is -0.137. The van der Waals surface area contributed by atoms with E-state index in [2.05, 4.69) is 5.32 Å². The molecule has 29 heavy (non-hydrogen) atoms. The Morgan fingerprint density at radius 1 is 1.00 bits per heavy atom. The Balaban J connectivity index is 1.82. The van der Waals surface area contributed by atoms with Gasteiger partial charge in [-0.25, -0.2) is 0 Å². The maximum atomic E-state index is 12.7. The minimum absolute atomic E-state index is 0.0430. The lowest BCUT2D eigenvalue weighted by atomic mass is 10.1. The summed E-state index contributed by atoms with van der Waals surface area (Å²) < 4.78 is 39.3. The molecule has 2 aromatic carbocycles. The molecule has 1 heterocycles. The van der Waals surface area contributed by atoms with Crippen molar-refractivity contribution in [3.8, 4) is 0 Å². The van der Waals surface area contributed by atoms with Crippen molar-refractivity contribution in [3.05, 3.63) is 99.0 Å². The van der Waals surface area contributed by atoms with Gasteiger partial charge in [0.2, 0.25) is 0 Å². The maximum Gasteiger partial charge on any atom is 0.416 e. The van der Waals surface area contributed by atoms with Crippen molar-refractivity contribution in [2.45, 2.75) is 26.6 Å². The van der Waals surface area contributed by atoms with Gasteiger partial charge in [0.25, 0.3) is 11.5 Å². The Labute approximate surface area is 165 Å². The summed E-state index contributed by atoms with van der Waals surface area (Å²) in [6.07, 6.45) is -2.92. The van der Waals surface area contributed by atoms with E-state index >= 15 is 0 Å². The first-order chi connectivity index (χ1) is 13.6. The van der Waals surface area contributed by atoms with Gasteiger partial charge in [0, 0.05) is 11.9 Å². The molecule has 0 saturated carbocycles. The first-order valence-corrected chi connectivity index (χ1v) is 8.89. The Bertz CT molecular complexity index is 1080. The normalized spacial score (nSPS) is 11.3. The molecule has 1 amide bonds. The van der Waals surface area contributed by atoms with Crippen LogP contribution < -0.4 is 10.9 Å². The number of alkyl halides is 3. The monoisotopic (exact) mass is 400 g/mol. The summed E-state index contributed by atoms with van der Waals surface area (Å²) in [5.74, 6) is -0.540. The number of anilines is 1. The number of nitrogens with zero attached hydrogens (tertiary/aromatic N) is 1. The third kappa shape index (κ3) is 4.93. The van der Waals surface area contributed by atoms with E-state index in [0.29, 0.717) is 11.3 Å². The second-order valence-corrected chi connectivity index (χ2v) is 6.88. The van der Waals surface area contributed by atoms with E-state index < -0.39 is 23.2 Å². The highest BCUT2D eigenvalue weighted by molar-refractivity contribution is 6.04. The van der Waals surface area contributed by atoms with Gasteiger partial charge in [-0.05, 0) is 66.9 Å². The summed E-state index contributed by atoms with van der Waals surface area (Å²) in [5.41, 5.74) is 1.75. The van der Waals surface area contributed by atoms with Crippen molar-refractivity contribution >= 4 is 11.6 Å². The highest BCUT2D eigenvalue weighted by Crippen LogP contribution is 2.29. The molecule has 0 radical (unpaired) electrons. The van der Waals surface area contributed by atoms with Gasteiger partial charge in [-0.15, -0.1) is 0 Å². The number of carbonyl (C=O) groups is 1. The SMILES string of the molecule is Cc1cc(C)cc(NC(=O)c2cccn(Cc3ccc(C(F)(F)F)cc3)c2=O)c1. The molecule has 0 unspecified atom stereocenters. The second-order valence-electron chi connectivity index (χ2n) is 6.88. The van der Waals surface area contributed by atoms with E-state index in [0.717, 1.165) is 23.3 Å².